The summed E-state index contributed by atoms with van der Waals surface area (Å²) >= 11 is 7.47. The smallest absolute Gasteiger partial charge is 0.101 e. The lowest BCUT2D eigenvalue weighted by atomic mass is 10.2. The first-order valence-corrected chi connectivity index (χ1v) is 6.51. The van der Waals surface area contributed by atoms with Crippen LogP contribution in [0.25, 0.3) is 0 Å². The van der Waals surface area contributed by atoms with Crippen molar-refractivity contribution in [1.82, 2.24) is 10.3 Å². The van der Waals surface area contributed by atoms with Gasteiger partial charge in [0.05, 0.1) is 5.02 Å². The standard InChI is InChI=1S/C13H13ClN2S/c1-15-8-10-4-2-3-5-12(10)17-13-7-6-11(14)9-16-13/h2-7,9,15H,8H2,1H3. The molecule has 0 saturated carbocycles. The van der Waals surface area contributed by atoms with Crippen molar-refractivity contribution in [2.45, 2.75) is 16.5 Å². The van der Waals surface area contributed by atoms with Crippen LogP contribution in [0.1, 0.15) is 5.56 Å². The van der Waals surface area contributed by atoms with Crippen molar-refractivity contribution >= 4 is 23.4 Å². The van der Waals surface area contributed by atoms with Crippen LogP contribution in [0.5, 0.6) is 0 Å². The quantitative estimate of drug-likeness (QED) is 0.913. The predicted octanol–water partition coefficient (Wildman–Crippen LogP) is 3.61. The maximum Gasteiger partial charge on any atom is 0.101 e. The second-order valence-corrected chi connectivity index (χ2v) is 5.05. The number of nitrogens with zero attached hydrogens (tertiary/aromatic N) is 1. The van der Waals surface area contributed by atoms with Gasteiger partial charge in [0, 0.05) is 17.6 Å². The lowest BCUT2D eigenvalue weighted by Crippen LogP contribution is -2.05. The SMILES string of the molecule is CNCc1ccccc1Sc1ccc(Cl)cn1. The highest BCUT2D eigenvalue weighted by atomic mass is 35.5. The molecule has 0 atom stereocenters. The largest absolute Gasteiger partial charge is 0.316 e. The fraction of sp³-hybridized carbons (Fsp3) is 0.154. The summed E-state index contributed by atoms with van der Waals surface area (Å²) in [7, 11) is 1.95. The zero-order valence-corrected chi connectivity index (χ0v) is 11.1. The fourth-order valence-electron chi connectivity index (χ4n) is 1.48. The van der Waals surface area contributed by atoms with Crippen molar-refractivity contribution in [2.75, 3.05) is 7.05 Å². The molecule has 0 fully saturated rings. The maximum atomic E-state index is 5.81. The maximum absolute atomic E-state index is 5.81. The summed E-state index contributed by atoms with van der Waals surface area (Å²) in [6, 6.07) is 12.1. The highest BCUT2D eigenvalue weighted by molar-refractivity contribution is 7.99. The normalized spacial score (nSPS) is 10.5. The molecule has 0 aliphatic rings. The summed E-state index contributed by atoms with van der Waals surface area (Å²) in [6.07, 6.45) is 1.67. The Labute approximate surface area is 110 Å². The number of benzene rings is 1. The van der Waals surface area contributed by atoms with Crippen LogP contribution in [0.15, 0.2) is 52.5 Å². The first-order chi connectivity index (χ1) is 8.29. The third kappa shape index (κ3) is 3.46. The van der Waals surface area contributed by atoms with E-state index in [9.17, 15) is 0 Å². The van der Waals surface area contributed by atoms with Crippen LogP contribution in [-0.4, -0.2) is 12.0 Å². The molecule has 0 unspecified atom stereocenters. The number of halogens is 1. The van der Waals surface area contributed by atoms with Crippen molar-refractivity contribution in [3.63, 3.8) is 0 Å². The van der Waals surface area contributed by atoms with Crippen LogP contribution >= 0.6 is 23.4 Å². The van der Waals surface area contributed by atoms with E-state index >= 15 is 0 Å². The molecule has 1 heterocycles. The Bertz CT molecular complexity index is 485. The zero-order chi connectivity index (χ0) is 12.1. The molecule has 0 bridgehead atoms. The third-order valence-corrected chi connectivity index (χ3v) is 3.55. The van der Waals surface area contributed by atoms with E-state index in [0.29, 0.717) is 5.02 Å². The van der Waals surface area contributed by atoms with E-state index in [-0.39, 0.29) is 0 Å². The molecule has 0 spiro atoms. The summed E-state index contributed by atoms with van der Waals surface area (Å²) in [5.41, 5.74) is 1.27. The molecule has 2 aromatic rings. The summed E-state index contributed by atoms with van der Waals surface area (Å²) in [5.74, 6) is 0. The average Bonchev–Trinajstić information content (AvgIpc) is 2.35. The van der Waals surface area contributed by atoms with Crippen molar-refractivity contribution in [1.29, 1.82) is 0 Å². The van der Waals surface area contributed by atoms with Crippen molar-refractivity contribution in [3.05, 3.63) is 53.2 Å². The van der Waals surface area contributed by atoms with Gasteiger partial charge in [-0.15, -0.1) is 0 Å². The van der Waals surface area contributed by atoms with Crippen LogP contribution in [-0.2, 0) is 6.54 Å². The highest BCUT2D eigenvalue weighted by Gasteiger charge is 2.03. The molecule has 1 aromatic heterocycles. The molecule has 1 aromatic carbocycles. The van der Waals surface area contributed by atoms with Gasteiger partial charge in [0.1, 0.15) is 5.03 Å². The Morgan fingerprint density at radius 2 is 2.06 bits per heavy atom. The minimum absolute atomic E-state index is 0.665. The minimum atomic E-state index is 0.665. The van der Waals surface area contributed by atoms with E-state index in [1.54, 1.807) is 18.0 Å². The Balaban J connectivity index is 2.20. The van der Waals surface area contributed by atoms with E-state index in [2.05, 4.69) is 22.4 Å². The van der Waals surface area contributed by atoms with Crippen molar-refractivity contribution in [3.8, 4) is 0 Å². The Hall–Kier alpha value is -1.03. The molecule has 17 heavy (non-hydrogen) atoms. The van der Waals surface area contributed by atoms with Crippen LogP contribution in [0.4, 0.5) is 0 Å². The Kier molecular flexibility index (Phi) is 4.42. The lowest BCUT2D eigenvalue weighted by Gasteiger charge is -2.07. The van der Waals surface area contributed by atoms with Gasteiger partial charge in [-0.05, 0) is 30.8 Å². The second-order valence-electron chi connectivity index (χ2n) is 3.55. The Morgan fingerprint density at radius 3 is 2.76 bits per heavy atom. The molecule has 1 N–H and O–H groups in total. The van der Waals surface area contributed by atoms with Gasteiger partial charge in [0.2, 0.25) is 0 Å². The number of nitrogens with one attached hydrogen (secondary N) is 1. The molecular weight excluding hydrogens is 252 g/mol. The molecular formula is C13H13ClN2S. The first-order valence-electron chi connectivity index (χ1n) is 5.31. The number of hydrogen-bond acceptors (Lipinski definition) is 3. The molecule has 4 heteroatoms. The molecule has 88 valence electrons. The molecule has 0 saturated heterocycles. The monoisotopic (exact) mass is 264 g/mol. The Morgan fingerprint density at radius 1 is 1.24 bits per heavy atom. The lowest BCUT2D eigenvalue weighted by molar-refractivity contribution is 0.803. The van der Waals surface area contributed by atoms with E-state index < -0.39 is 0 Å². The van der Waals surface area contributed by atoms with Gasteiger partial charge >= 0.3 is 0 Å². The molecule has 2 rings (SSSR count). The number of aromatic nitrogens is 1. The van der Waals surface area contributed by atoms with E-state index in [1.165, 1.54) is 10.5 Å². The predicted molar refractivity (Wildman–Crippen MR) is 72.6 cm³/mol. The number of pyridine rings is 1. The number of rotatable bonds is 4. The number of hydrogen-bond donors (Lipinski definition) is 1. The molecule has 2 nitrogen and oxygen atoms in total. The topological polar surface area (TPSA) is 24.9 Å². The van der Waals surface area contributed by atoms with E-state index in [0.717, 1.165) is 11.6 Å². The average molecular weight is 265 g/mol. The van der Waals surface area contributed by atoms with Gasteiger partial charge in [-0.3, -0.25) is 0 Å². The summed E-state index contributed by atoms with van der Waals surface area (Å²) in [5, 5.41) is 4.79. The van der Waals surface area contributed by atoms with Gasteiger partial charge in [0.15, 0.2) is 0 Å². The van der Waals surface area contributed by atoms with Crippen LogP contribution < -0.4 is 5.32 Å². The molecule has 0 radical (unpaired) electrons. The van der Waals surface area contributed by atoms with E-state index in [1.807, 2.05) is 31.3 Å². The van der Waals surface area contributed by atoms with Crippen LogP contribution in [0.3, 0.4) is 0 Å². The van der Waals surface area contributed by atoms with Gasteiger partial charge < -0.3 is 5.32 Å². The van der Waals surface area contributed by atoms with Crippen LogP contribution in [0.2, 0.25) is 5.02 Å². The highest BCUT2D eigenvalue weighted by Crippen LogP contribution is 2.29. The summed E-state index contributed by atoms with van der Waals surface area (Å²) in [4.78, 5) is 5.50. The molecule has 0 amide bonds. The van der Waals surface area contributed by atoms with Crippen molar-refractivity contribution < 1.29 is 0 Å². The molecule has 0 aliphatic carbocycles. The van der Waals surface area contributed by atoms with E-state index in [4.69, 9.17) is 11.6 Å². The molecule has 0 aliphatic heterocycles. The van der Waals surface area contributed by atoms with Crippen LogP contribution in [0, 0.1) is 0 Å². The van der Waals surface area contributed by atoms with Gasteiger partial charge in [-0.25, -0.2) is 4.98 Å². The fourth-order valence-corrected chi connectivity index (χ4v) is 2.47. The summed E-state index contributed by atoms with van der Waals surface area (Å²) in [6.45, 7) is 0.858. The first kappa shape index (κ1) is 12.4. The van der Waals surface area contributed by atoms with Gasteiger partial charge in [-0.1, -0.05) is 41.6 Å². The zero-order valence-electron chi connectivity index (χ0n) is 9.48. The second kappa shape index (κ2) is 6.05. The van der Waals surface area contributed by atoms with Gasteiger partial charge in [0.25, 0.3) is 0 Å². The minimum Gasteiger partial charge on any atom is -0.316 e. The van der Waals surface area contributed by atoms with Crippen molar-refractivity contribution in [2.24, 2.45) is 0 Å². The summed E-state index contributed by atoms with van der Waals surface area (Å²) < 4.78 is 0. The third-order valence-electron chi connectivity index (χ3n) is 2.25. The van der Waals surface area contributed by atoms with Gasteiger partial charge in [-0.2, -0.15) is 0 Å².